The Kier molecular flexibility index (Phi) is 8.43. The van der Waals surface area contributed by atoms with Gasteiger partial charge < -0.3 is 9.47 Å². The zero-order chi connectivity index (χ0) is 15.7. The van der Waals surface area contributed by atoms with Crippen LogP contribution < -0.4 is 0 Å². The van der Waals surface area contributed by atoms with Crippen molar-refractivity contribution in [3.8, 4) is 6.07 Å². The zero-order valence-corrected chi connectivity index (χ0v) is 12.5. The maximum Gasteiger partial charge on any atom is 0.243 e. The van der Waals surface area contributed by atoms with Crippen LogP contribution in [0.25, 0.3) is 0 Å². The van der Waals surface area contributed by atoms with E-state index < -0.39 is 12.0 Å². The first kappa shape index (κ1) is 18.0. The van der Waals surface area contributed by atoms with Crippen LogP contribution in [0.3, 0.4) is 0 Å². The summed E-state index contributed by atoms with van der Waals surface area (Å²) >= 11 is 5.26. The number of Topliss-reactive ketones (excluding diaryl/α,β-unsaturated/α-hetero) is 1. The molecule has 0 aromatic rings. The molecule has 1 unspecified atom stereocenters. The van der Waals surface area contributed by atoms with E-state index >= 15 is 0 Å². The first-order valence-electron chi connectivity index (χ1n) is 6.98. The molecule has 0 N–H and O–H groups in total. The fourth-order valence-corrected chi connectivity index (χ4v) is 2.40. The molecule has 2 aliphatic rings. The number of nitriles is 1. The molecule has 0 radical (unpaired) electrons. The van der Waals surface area contributed by atoms with Crippen LogP contribution in [0.15, 0.2) is 0 Å². The van der Waals surface area contributed by atoms with Crippen molar-refractivity contribution in [3.63, 3.8) is 0 Å². The fraction of sp³-hybridized carbons (Fsp3) is 0.786. The first-order chi connectivity index (χ1) is 10.1. The van der Waals surface area contributed by atoms with E-state index in [1.165, 1.54) is 6.07 Å². The molecule has 0 amide bonds. The van der Waals surface area contributed by atoms with Crippen LogP contribution in [0, 0.1) is 23.2 Å². The molecule has 0 aliphatic carbocycles. The van der Waals surface area contributed by atoms with Crippen LogP contribution >= 0.6 is 11.6 Å². The van der Waals surface area contributed by atoms with Gasteiger partial charge in [-0.1, -0.05) is 0 Å². The molecule has 5 nitrogen and oxygen atoms in total. The van der Waals surface area contributed by atoms with E-state index in [0.29, 0.717) is 39.3 Å². The predicted octanol–water partition coefficient (Wildman–Crippen LogP) is 2.02. The summed E-state index contributed by atoms with van der Waals surface area (Å²) in [5.41, 5.74) is 0. The molecule has 2 aliphatic heterocycles. The average Bonchev–Trinajstić information content (AvgIpc) is 2.55. The molecular formula is C14H19ClFNO4. The SMILES string of the molecule is N#CC(F)C(=O)C1CCOCC1.O=C(Cl)C1CCOCC1. The molecule has 21 heavy (non-hydrogen) atoms. The normalized spacial score (nSPS) is 21.6. The Balaban J connectivity index is 0.000000219. The van der Waals surface area contributed by atoms with Crippen molar-refractivity contribution in [1.82, 2.24) is 0 Å². The summed E-state index contributed by atoms with van der Waals surface area (Å²) in [6.45, 7) is 2.36. The molecule has 0 spiro atoms. The molecule has 0 aromatic carbocycles. The number of carbonyl (C=O) groups excluding carboxylic acids is 2. The van der Waals surface area contributed by atoms with E-state index in [0.717, 1.165) is 12.8 Å². The van der Waals surface area contributed by atoms with Crippen LogP contribution in [0.2, 0.25) is 0 Å². The Hall–Kier alpha value is -1.03. The van der Waals surface area contributed by atoms with E-state index in [1.807, 2.05) is 0 Å². The van der Waals surface area contributed by atoms with Gasteiger partial charge in [0.25, 0.3) is 0 Å². The maximum absolute atomic E-state index is 12.6. The monoisotopic (exact) mass is 319 g/mol. The summed E-state index contributed by atoms with van der Waals surface area (Å²) in [6.07, 6.45) is 0.722. The van der Waals surface area contributed by atoms with Crippen molar-refractivity contribution >= 4 is 22.6 Å². The molecule has 2 fully saturated rings. The lowest BCUT2D eigenvalue weighted by molar-refractivity contribution is -0.128. The topological polar surface area (TPSA) is 76.4 Å². The Bertz CT molecular complexity index is 387. The number of ether oxygens (including phenoxy) is 2. The molecular weight excluding hydrogens is 301 g/mol. The van der Waals surface area contributed by atoms with Gasteiger partial charge in [0.05, 0.1) is 0 Å². The van der Waals surface area contributed by atoms with Crippen molar-refractivity contribution in [2.24, 2.45) is 11.8 Å². The molecule has 0 aromatic heterocycles. The van der Waals surface area contributed by atoms with Crippen LogP contribution in [0.1, 0.15) is 25.7 Å². The van der Waals surface area contributed by atoms with E-state index in [1.54, 1.807) is 0 Å². The molecule has 2 rings (SSSR count). The van der Waals surface area contributed by atoms with Crippen molar-refractivity contribution in [2.45, 2.75) is 31.9 Å². The number of hydrogen-bond acceptors (Lipinski definition) is 5. The second kappa shape index (κ2) is 9.82. The van der Waals surface area contributed by atoms with Crippen molar-refractivity contribution in [2.75, 3.05) is 26.4 Å². The van der Waals surface area contributed by atoms with E-state index in [9.17, 15) is 14.0 Å². The molecule has 2 saturated heterocycles. The lowest BCUT2D eigenvalue weighted by Gasteiger charge is -2.20. The minimum absolute atomic E-state index is 0.0559. The molecule has 118 valence electrons. The van der Waals surface area contributed by atoms with E-state index in [-0.39, 0.29) is 17.1 Å². The quantitative estimate of drug-likeness (QED) is 0.744. The van der Waals surface area contributed by atoms with Crippen molar-refractivity contribution < 1.29 is 23.5 Å². The largest absolute Gasteiger partial charge is 0.381 e. The first-order valence-corrected chi connectivity index (χ1v) is 7.36. The summed E-state index contributed by atoms with van der Waals surface area (Å²) in [4.78, 5) is 21.6. The zero-order valence-electron chi connectivity index (χ0n) is 11.7. The lowest BCUT2D eigenvalue weighted by Crippen LogP contribution is -2.29. The van der Waals surface area contributed by atoms with Gasteiger partial charge in [0, 0.05) is 38.3 Å². The summed E-state index contributed by atoms with van der Waals surface area (Å²) in [7, 11) is 0. The molecule has 1 atom stereocenters. The number of rotatable bonds is 3. The van der Waals surface area contributed by atoms with Crippen LogP contribution in [0.5, 0.6) is 0 Å². The second-order valence-corrected chi connectivity index (χ2v) is 5.34. The standard InChI is InChI=1S/C8H10FNO2.C6H9ClO2/c9-7(5-10)8(11)6-1-3-12-4-2-6;7-6(8)5-1-3-9-4-2-5/h6-7H,1-4H2;5H,1-4H2. The summed E-state index contributed by atoms with van der Waals surface area (Å²) in [5, 5.41) is 7.95. The Morgan fingerprint density at radius 1 is 1.05 bits per heavy atom. The highest BCUT2D eigenvalue weighted by molar-refractivity contribution is 6.63. The number of ketones is 1. The number of hydrogen-bond donors (Lipinski definition) is 0. The highest BCUT2D eigenvalue weighted by Gasteiger charge is 2.28. The molecule has 7 heteroatoms. The molecule has 0 bridgehead atoms. The third kappa shape index (κ3) is 6.51. The summed E-state index contributed by atoms with van der Waals surface area (Å²) in [6, 6.07) is 1.30. The van der Waals surface area contributed by atoms with Gasteiger partial charge in [-0.2, -0.15) is 5.26 Å². The fourth-order valence-electron chi connectivity index (χ4n) is 2.18. The molecule has 0 saturated carbocycles. The number of alkyl halides is 1. The number of halogens is 2. The molecule has 2 heterocycles. The Morgan fingerprint density at radius 2 is 1.48 bits per heavy atom. The van der Waals surface area contributed by atoms with Crippen LogP contribution in [0.4, 0.5) is 4.39 Å². The van der Waals surface area contributed by atoms with Gasteiger partial charge in [-0.05, 0) is 37.3 Å². The average molecular weight is 320 g/mol. The van der Waals surface area contributed by atoms with Gasteiger partial charge in [-0.25, -0.2) is 4.39 Å². The van der Waals surface area contributed by atoms with Crippen molar-refractivity contribution in [1.29, 1.82) is 5.26 Å². The summed E-state index contributed by atoms with van der Waals surface area (Å²) < 4.78 is 22.6. The lowest BCUT2D eigenvalue weighted by atomic mass is 9.93. The van der Waals surface area contributed by atoms with Gasteiger partial charge in [0.15, 0.2) is 5.78 Å². The van der Waals surface area contributed by atoms with Gasteiger partial charge in [0.1, 0.15) is 6.07 Å². The highest BCUT2D eigenvalue weighted by atomic mass is 35.5. The van der Waals surface area contributed by atoms with Gasteiger partial charge in [-0.15, -0.1) is 0 Å². The third-order valence-corrected chi connectivity index (χ3v) is 3.84. The predicted molar refractivity (Wildman–Crippen MR) is 73.5 cm³/mol. The Labute approximate surface area is 128 Å². The van der Waals surface area contributed by atoms with Crippen LogP contribution in [-0.2, 0) is 19.1 Å². The van der Waals surface area contributed by atoms with E-state index in [4.69, 9.17) is 26.3 Å². The maximum atomic E-state index is 12.6. The van der Waals surface area contributed by atoms with Gasteiger partial charge in [0.2, 0.25) is 11.4 Å². The number of nitrogens with zero attached hydrogens (tertiary/aromatic N) is 1. The van der Waals surface area contributed by atoms with Gasteiger partial charge >= 0.3 is 0 Å². The third-order valence-electron chi connectivity index (χ3n) is 3.53. The highest BCUT2D eigenvalue weighted by Crippen LogP contribution is 2.18. The van der Waals surface area contributed by atoms with E-state index in [2.05, 4.69) is 0 Å². The minimum Gasteiger partial charge on any atom is -0.381 e. The summed E-state index contributed by atoms with van der Waals surface area (Å²) in [5.74, 6) is -0.838. The smallest absolute Gasteiger partial charge is 0.243 e. The van der Waals surface area contributed by atoms with Crippen molar-refractivity contribution in [3.05, 3.63) is 0 Å². The minimum atomic E-state index is -1.95. The van der Waals surface area contributed by atoms with Gasteiger partial charge in [-0.3, -0.25) is 9.59 Å². The second-order valence-electron chi connectivity index (χ2n) is 4.97. The van der Waals surface area contributed by atoms with Crippen LogP contribution in [-0.4, -0.2) is 43.6 Å². The Morgan fingerprint density at radius 3 is 1.81 bits per heavy atom. The number of carbonyl (C=O) groups is 2.